The topological polar surface area (TPSA) is 38.0 Å². The van der Waals surface area contributed by atoms with Gasteiger partial charge in [0.25, 0.3) is 0 Å². The molecule has 78 valence electrons. The fourth-order valence-corrected chi connectivity index (χ4v) is 2.91. The number of nitrogens with two attached hydrogens (primary N) is 1. The van der Waals surface area contributed by atoms with Crippen LogP contribution in [-0.4, -0.2) is 6.04 Å². The molecular weight excluding hydrogens is 160 g/mol. The third-order valence-corrected chi connectivity index (χ3v) is 4.35. The van der Waals surface area contributed by atoms with Gasteiger partial charge in [0.05, 0.1) is 0 Å². The Balaban J connectivity index is 2.64. The second-order valence-corrected chi connectivity index (χ2v) is 5.48. The maximum Gasteiger partial charge on any atom is 0.0249 e. The number of nitrogens with one attached hydrogen (secondary N) is 1. The zero-order chi connectivity index (χ0) is 10.3. The minimum absolute atomic E-state index is 0.444. The molecule has 0 aromatic rings. The molecule has 1 saturated carbocycles. The molecule has 0 amide bonds. The van der Waals surface area contributed by atoms with Crippen molar-refractivity contribution in [3.63, 3.8) is 0 Å². The number of hydrazine groups is 1. The Kier molecular flexibility index (Phi) is 2.75. The van der Waals surface area contributed by atoms with Gasteiger partial charge >= 0.3 is 0 Å². The molecule has 13 heavy (non-hydrogen) atoms. The standard InChI is InChI=1S/C11H24N2/c1-6-7-8(13-12)9-10(2,3)11(9,4)5/h8-9,13H,6-7,12H2,1-5H3. The molecule has 1 aliphatic carbocycles. The summed E-state index contributed by atoms with van der Waals surface area (Å²) in [7, 11) is 0. The van der Waals surface area contributed by atoms with Crippen LogP contribution in [0.2, 0.25) is 0 Å². The Morgan fingerprint density at radius 1 is 1.23 bits per heavy atom. The van der Waals surface area contributed by atoms with Gasteiger partial charge in [-0.2, -0.15) is 0 Å². The Morgan fingerprint density at radius 3 is 1.92 bits per heavy atom. The summed E-state index contributed by atoms with van der Waals surface area (Å²) in [5, 5.41) is 0. The molecule has 0 aliphatic heterocycles. The molecule has 2 heteroatoms. The summed E-state index contributed by atoms with van der Waals surface area (Å²) < 4.78 is 0. The molecule has 1 unspecified atom stereocenters. The highest BCUT2D eigenvalue weighted by Crippen LogP contribution is 2.69. The van der Waals surface area contributed by atoms with Crippen molar-refractivity contribution < 1.29 is 0 Å². The van der Waals surface area contributed by atoms with E-state index in [0.29, 0.717) is 16.9 Å². The quantitative estimate of drug-likeness (QED) is 0.520. The van der Waals surface area contributed by atoms with E-state index < -0.39 is 0 Å². The fraction of sp³-hybridized carbons (Fsp3) is 1.00. The third kappa shape index (κ3) is 1.50. The van der Waals surface area contributed by atoms with Crippen molar-refractivity contribution in [3.05, 3.63) is 0 Å². The van der Waals surface area contributed by atoms with Gasteiger partial charge in [-0.25, -0.2) is 0 Å². The number of rotatable bonds is 4. The summed E-state index contributed by atoms with van der Waals surface area (Å²) in [6, 6.07) is 0.495. The zero-order valence-corrected chi connectivity index (χ0v) is 9.65. The lowest BCUT2D eigenvalue weighted by atomic mass is 10.0. The first-order valence-corrected chi connectivity index (χ1v) is 5.35. The highest BCUT2D eigenvalue weighted by Gasteiger charge is 2.66. The van der Waals surface area contributed by atoms with Crippen LogP contribution < -0.4 is 11.3 Å². The first-order chi connectivity index (χ1) is 5.89. The van der Waals surface area contributed by atoms with Crippen LogP contribution in [0.5, 0.6) is 0 Å². The zero-order valence-electron chi connectivity index (χ0n) is 9.65. The van der Waals surface area contributed by atoms with Crippen molar-refractivity contribution in [1.82, 2.24) is 5.43 Å². The summed E-state index contributed by atoms with van der Waals surface area (Å²) in [4.78, 5) is 0. The Labute approximate surface area is 82.2 Å². The van der Waals surface area contributed by atoms with E-state index in [4.69, 9.17) is 5.84 Å². The minimum Gasteiger partial charge on any atom is -0.271 e. The fourth-order valence-electron chi connectivity index (χ4n) is 2.91. The van der Waals surface area contributed by atoms with Gasteiger partial charge in [0, 0.05) is 6.04 Å². The molecule has 0 aromatic heterocycles. The average Bonchev–Trinajstić information content (AvgIpc) is 2.40. The van der Waals surface area contributed by atoms with Crippen LogP contribution in [0.4, 0.5) is 0 Å². The maximum atomic E-state index is 5.59. The maximum absolute atomic E-state index is 5.59. The van der Waals surface area contributed by atoms with Gasteiger partial charge in [-0.15, -0.1) is 0 Å². The van der Waals surface area contributed by atoms with E-state index in [-0.39, 0.29) is 0 Å². The predicted molar refractivity (Wildman–Crippen MR) is 57.1 cm³/mol. The van der Waals surface area contributed by atoms with E-state index in [2.05, 4.69) is 40.0 Å². The van der Waals surface area contributed by atoms with Gasteiger partial charge in [0.15, 0.2) is 0 Å². The molecule has 1 atom stereocenters. The summed E-state index contributed by atoms with van der Waals surface area (Å²) >= 11 is 0. The van der Waals surface area contributed by atoms with E-state index in [0.717, 1.165) is 5.92 Å². The van der Waals surface area contributed by atoms with Crippen LogP contribution >= 0.6 is 0 Å². The largest absolute Gasteiger partial charge is 0.271 e. The molecule has 0 spiro atoms. The molecule has 0 saturated heterocycles. The lowest BCUT2D eigenvalue weighted by Crippen LogP contribution is -2.38. The normalized spacial score (nSPS) is 27.2. The van der Waals surface area contributed by atoms with Crippen molar-refractivity contribution in [3.8, 4) is 0 Å². The molecule has 1 fully saturated rings. The summed E-state index contributed by atoms with van der Waals surface area (Å²) in [5.41, 5.74) is 3.86. The second-order valence-electron chi connectivity index (χ2n) is 5.48. The Morgan fingerprint density at radius 2 is 1.69 bits per heavy atom. The first-order valence-electron chi connectivity index (χ1n) is 5.35. The smallest absolute Gasteiger partial charge is 0.0249 e. The van der Waals surface area contributed by atoms with Crippen LogP contribution in [0.3, 0.4) is 0 Å². The monoisotopic (exact) mass is 184 g/mol. The second kappa shape index (κ2) is 3.25. The predicted octanol–water partition coefficient (Wildman–Crippen LogP) is 2.30. The molecule has 0 radical (unpaired) electrons. The van der Waals surface area contributed by atoms with E-state index in [9.17, 15) is 0 Å². The van der Waals surface area contributed by atoms with Gasteiger partial charge in [0.2, 0.25) is 0 Å². The van der Waals surface area contributed by atoms with E-state index in [1.165, 1.54) is 12.8 Å². The van der Waals surface area contributed by atoms with Crippen molar-refractivity contribution in [2.45, 2.75) is 53.5 Å². The molecule has 2 nitrogen and oxygen atoms in total. The molecular formula is C11H24N2. The van der Waals surface area contributed by atoms with Crippen LogP contribution in [0, 0.1) is 16.7 Å². The van der Waals surface area contributed by atoms with E-state index in [1.54, 1.807) is 0 Å². The van der Waals surface area contributed by atoms with E-state index >= 15 is 0 Å². The summed E-state index contributed by atoms with van der Waals surface area (Å²) in [5.74, 6) is 6.32. The van der Waals surface area contributed by atoms with Gasteiger partial charge < -0.3 is 0 Å². The van der Waals surface area contributed by atoms with Gasteiger partial charge in [-0.1, -0.05) is 41.0 Å². The highest BCUT2D eigenvalue weighted by atomic mass is 15.2. The molecule has 0 aromatic carbocycles. The lowest BCUT2D eigenvalue weighted by Gasteiger charge is -2.16. The molecule has 1 rings (SSSR count). The van der Waals surface area contributed by atoms with Crippen molar-refractivity contribution in [2.24, 2.45) is 22.6 Å². The van der Waals surface area contributed by atoms with Gasteiger partial charge in [0.1, 0.15) is 0 Å². The van der Waals surface area contributed by atoms with Crippen molar-refractivity contribution in [1.29, 1.82) is 0 Å². The van der Waals surface area contributed by atoms with Crippen molar-refractivity contribution >= 4 is 0 Å². The van der Waals surface area contributed by atoms with Crippen LogP contribution in [0.25, 0.3) is 0 Å². The van der Waals surface area contributed by atoms with Gasteiger partial charge in [-0.05, 0) is 23.2 Å². The summed E-state index contributed by atoms with van der Waals surface area (Å²) in [6.07, 6.45) is 2.39. The lowest BCUT2D eigenvalue weighted by molar-refractivity contribution is 0.380. The average molecular weight is 184 g/mol. The minimum atomic E-state index is 0.444. The summed E-state index contributed by atoms with van der Waals surface area (Å²) in [6.45, 7) is 11.6. The van der Waals surface area contributed by atoms with Crippen LogP contribution in [-0.2, 0) is 0 Å². The SMILES string of the molecule is CCCC(NN)C1C(C)(C)C1(C)C. The molecule has 3 N–H and O–H groups in total. The first kappa shape index (κ1) is 11.0. The van der Waals surface area contributed by atoms with E-state index in [1.807, 2.05) is 0 Å². The van der Waals surface area contributed by atoms with Crippen molar-refractivity contribution in [2.75, 3.05) is 0 Å². The number of hydrogen-bond donors (Lipinski definition) is 2. The molecule has 0 bridgehead atoms. The number of hydrogen-bond acceptors (Lipinski definition) is 2. The highest BCUT2D eigenvalue weighted by molar-refractivity contribution is 5.15. The molecule has 0 heterocycles. The Bertz CT molecular complexity index is 171. The van der Waals surface area contributed by atoms with Crippen LogP contribution in [0.15, 0.2) is 0 Å². The van der Waals surface area contributed by atoms with Gasteiger partial charge in [-0.3, -0.25) is 11.3 Å². The third-order valence-electron chi connectivity index (χ3n) is 4.35. The molecule has 1 aliphatic rings. The Hall–Kier alpha value is -0.0800. The van der Waals surface area contributed by atoms with Crippen LogP contribution in [0.1, 0.15) is 47.5 Å².